The molecular weight excluding hydrogens is 288 g/mol. The Morgan fingerprint density at radius 2 is 2.24 bits per heavy atom. The minimum Gasteiger partial charge on any atom is -0.494 e. The predicted molar refractivity (Wildman–Crippen MR) is 83.9 cm³/mol. The van der Waals surface area contributed by atoms with Gasteiger partial charge in [0.25, 0.3) is 5.56 Å². The molecule has 1 aliphatic rings. The van der Waals surface area contributed by atoms with Gasteiger partial charge in [0.1, 0.15) is 5.56 Å². The summed E-state index contributed by atoms with van der Waals surface area (Å²) in [5.74, 6) is -0.140. The van der Waals surface area contributed by atoms with Crippen molar-refractivity contribution in [3.8, 4) is 5.88 Å². The first kappa shape index (κ1) is 13.6. The zero-order chi connectivity index (χ0) is 15.0. The second-order valence-corrected chi connectivity index (χ2v) is 5.34. The van der Waals surface area contributed by atoms with Crippen LogP contribution in [0.3, 0.4) is 0 Å². The van der Waals surface area contributed by atoms with Crippen molar-refractivity contribution in [2.45, 2.75) is 18.9 Å². The van der Waals surface area contributed by atoms with Gasteiger partial charge in [0.05, 0.1) is 5.69 Å². The van der Waals surface area contributed by atoms with Crippen LogP contribution in [-0.2, 0) is 0 Å². The van der Waals surface area contributed by atoms with Gasteiger partial charge in [0.15, 0.2) is 4.77 Å². The van der Waals surface area contributed by atoms with Crippen molar-refractivity contribution in [2.24, 2.45) is 4.99 Å². The third kappa shape index (κ3) is 2.73. The first-order valence-electron chi connectivity index (χ1n) is 6.53. The summed E-state index contributed by atoms with van der Waals surface area (Å²) in [6, 6.07) is 7.11. The van der Waals surface area contributed by atoms with E-state index in [2.05, 4.69) is 9.98 Å². The number of hydrogen-bond donors (Lipinski definition) is 3. The molecule has 0 radical (unpaired) electrons. The zero-order valence-electron chi connectivity index (χ0n) is 11.1. The number of aromatic amines is 1. The monoisotopic (exact) mass is 302 g/mol. The molecule has 1 aromatic heterocycles. The van der Waals surface area contributed by atoms with Crippen molar-refractivity contribution < 1.29 is 5.11 Å². The van der Waals surface area contributed by atoms with E-state index in [4.69, 9.17) is 18.0 Å². The van der Waals surface area contributed by atoms with E-state index in [1.54, 1.807) is 28.8 Å². The van der Waals surface area contributed by atoms with Crippen molar-refractivity contribution >= 4 is 29.8 Å². The molecule has 0 spiro atoms. The molecule has 7 heteroatoms. The standard InChI is InChI=1S/C14H14N4O2S/c15-8-2-1-3-9(6-8)16-7-11-12(19)17-14(21)18(13(11)20)10-4-5-10/h1-3,6-7,10,20H,4-5,15H2,(H,17,19,21). The van der Waals surface area contributed by atoms with Crippen molar-refractivity contribution in [2.75, 3.05) is 5.73 Å². The molecule has 21 heavy (non-hydrogen) atoms. The molecule has 1 aromatic carbocycles. The summed E-state index contributed by atoms with van der Waals surface area (Å²) in [7, 11) is 0. The predicted octanol–water partition coefficient (Wildman–Crippen LogP) is 2.28. The molecule has 1 saturated carbocycles. The highest BCUT2D eigenvalue weighted by Crippen LogP contribution is 2.37. The highest BCUT2D eigenvalue weighted by Gasteiger charge is 2.27. The average Bonchev–Trinajstić information content (AvgIpc) is 3.22. The smallest absolute Gasteiger partial charge is 0.264 e. The van der Waals surface area contributed by atoms with Gasteiger partial charge in [-0.2, -0.15) is 0 Å². The molecule has 0 amide bonds. The third-order valence-electron chi connectivity index (χ3n) is 3.28. The van der Waals surface area contributed by atoms with Crippen LogP contribution in [-0.4, -0.2) is 20.9 Å². The largest absolute Gasteiger partial charge is 0.494 e. The molecule has 3 rings (SSSR count). The molecular formula is C14H14N4O2S. The average molecular weight is 302 g/mol. The van der Waals surface area contributed by atoms with Crippen molar-refractivity contribution in [3.63, 3.8) is 0 Å². The number of aliphatic imine (C=N–C) groups is 1. The van der Waals surface area contributed by atoms with E-state index < -0.39 is 5.56 Å². The summed E-state index contributed by atoms with van der Waals surface area (Å²) in [6.45, 7) is 0. The number of H-pyrrole nitrogens is 1. The van der Waals surface area contributed by atoms with Gasteiger partial charge in [0.2, 0.25) is 5.88 Å². The van der Waals surface area contributed by atoms with Crippen LogP contribution in [0.2, 0.25) is 0 Å². The van der Waals surface area contributed by atoms with Crippen LogP contribution in [0.15, 0.2) is 34.1 Å². The van der Waals surface area contributed by atoms with Gasteiger partial charge in [-0.3, -0.25) is 19.3 Å². The molecule has 1 heterocycles. The Kier molecular flexibility index (Phi) is 3.34. The Labute approximate surface area is 125 Å². The Bertz CT molecular complexity index is 834. The Balaban J connectivity index is 2.04. The van der Waals surface area contributed by atoms with Crippen LogP contribution in [0, 0.1) is 4.77 Å². The van der Waals surface area contributed by atoms with Crippen LogP contribution in [0.4, 0.5) is 11.4 Å². The topological polar surface area (TPSA) is 96.4 Å². The van der Waals surface area contributed by atoms with Crippen LogP contribution in [0.25, 0.3) is 0 Å². The highest BCUT2D eigenvalue weighted by atomic mass is 32.1. The summed E-state index contributed by atoms with van der Waals surface area (Å²) < 4.78 is 1.80. The van der Waals surface area contributed by atoms with E-state index in [9.17, 15) is 9.90 Å². The quantitative estimate of drug-likeness (QED) is 0.460. The van der Waals surface area contributed by atoms with Gasteiger partial charge >= 0.3 is 0 Å². The van der Waals surface area contributed by atoms with Crippen molar-refractivity contribution in [3.05, 3.63) is 45.0 Å². The van der Waals surface area contributed by atoms with Gasteiger partial charge in [-0.15, -0.1) is 0 Å². The minimum absolute atomic E-state index is 0.0953. The van der Waals surface area contributed by atoms with Crippen LogP contribution < -0.4 is 11.3 Å². The fraction of sp³-hybridized carbons (Fsp3) is 0.214. The van der Waals surface area contributed by atoms with Crippen LogP contribution >= 0.6 is 12.2 Å². The number of nitrogens with one attached hydrogen (secondary N) is 1. The summed E-state index contributed by atoms with van der Waals surface area (Å²) >= 11 is 5.08. The molecule has 4 N–H and O–H groups in total. The normalized spacial score (nSPS) is 14.7. The molecule has 6 nitrogen and oxygen atoms in total. The van der Waals surface area contributed by atoms with E-state index in [1.807, 2.05) is 0 Å². The number of rotatable bonds is 3. The van der Waals surface area contributed by atoms with E-state index in [0.717, 1.165) is 12.8 Å². The first-order valence-corrected chi connectivity index (χ1v) is 6.94. The number of nitrogens with two attached hydrogens (primary N) is 1. The lowest BCUT2D eigenvalue weighted by Crippen LogP contribution is -2.18. The van der Waals surface area contributed by atoms with Gasteiger partial charge in [-0.1, -0.05) is 6.07 Å². The third-order valence-corrected chi connectivity index (χ3v) is 3.58. The highest BCUT2D eigenvalue weighted by molar-refractivity contribution is 7.71. The van der Waals surface area contributed by atoms with Gasteiger partial charge in [-0.05, 0) is 43.3 Å². The number of aromatic nitrogens is 2. The number of benzene rings is 1. The van der Waals surface area contributed by atoms with E-state index >= 15 is 0 Å². The Morgan fingerprint density at radius 3 is 2.90 bits per heavy atom. The molecule has 0 unspecified atom stereocenters. The van der Waals surface area contributed by atoms with E-state index in [1.165, 1.54) is 6.21 Å². The summed E-state index contributed by atoms with van der Waals surface area (Å²) in [5, 5.41) is 10.3. The maximum absolute atomic E-state index is 11.9. The summed E-state index contributed by atoms with van der Waals surface area (Å²) in [6.07, 6.45) is 3.22. The fourth-order valence-electron chi connectivity index (χ4n) is 2.08. The lowest BCUT2D eigenvalue weighted by molar-refractivity contribution is 0.405. The number of nitrogen functional groups attached to an aromatic ring is 1. The second kappa shape index (κ2) is 5.17. The number of aromatic hydroxyl groups is 1. The molecule has 1 fully saturated rings. The summed E-state index contributed by atoms with van der Waals surface area (Å²) in [4.78, 5) is 18.7. The van der Waals surface area contributed by atoms with Crippen molar-refractivity contribution in [1.82, 2.24) is 9.55 Å². The molecule has 108 valence electrons. The SMILES string of the molecule is Nc1cccc(N=Cc2c(O)n(C3CC3)c(=S)[nH]c2=O)c1. The second-order valence-electron chi connectivity index (χ2n) is 4.95. The number of anilines is 1. The minimum atomic E-state index is -0.456. The molecule has 0 atom stereocenters. The maximum Gasteiger partial charge on any atom is 0.264 e. The van der Waals surface area contributed by atoms with Crippen molar-refractivity contribution in [1.29, 1.82) is 0 Å². The molecule has 1 aliphatic carbocycles. The Morgan fingerprint density at radius 1 is 1.48 bits per heavy atom. The zero-order valence-corrected chi connectivity index (χ0v) is 11.9. The number of nitrogens with zero attached hydrogens (tertiary/aromatic N) is 2. The molecule has 2 aromatic rings. The van der Waals surface area contributed by atoms with E-state index in [0.29, 0.717) is 11.4 Å². The Hall–Kier alpha value is -2.41. The van der Waals surface area contributed by atoms with Gasteiger partial charge in [-0.25, -0.2) is 0 Å². The van der Waals surface area contributed by atoms with Crippen LogP contribution in [0.5, 0.6) is 5.88 Å². The lowest BCUT2D eigenvalue weighted by atomic mass is 10.3. The summed E-state index contributed by atoms with van der Waals surface area (Å²) in [5.41, 5.74) is 6.50. The fourth-order valence-corrected chi connectivity index (χ4v) is 2.41. The number of hydrogen-bond acceptors (Lipinski definition) is 5. The molecule has 0 bridgehead atoms. The molecule has 0 saturated heterocycles. The van der Waals surface area contributed by atoms with Crippen LogP contribution in [0.1, 0.15) is 24.4 Å². The molecule has 0 aliphatic heterocycles. The van der Waals surface area contributed by atoms with Gasteiger partial charge in [0, 0.05) is 17.9 Å². The van der Waals surface area contributed by atoms with Gasteiger partial charge < -0.3 is 10.8 Å². The lowest BCUT2D eigenvalue weighted by Gasteiger charge is -2.09. The maximum atomic E-state index is 11.9. The first-order chi connectivity index (χ1) is 10.1. The van der Waals surface area contributed by atoms with E-state index in [-0.39, 0.29) is 22.3 Å².